The summed E-state index contributed by atoms with van der Waals surface area (Å²) in [6, 6.07) is 12.7. The minimum atomic E-state index is -0.0209. The molecule has 2 aromatic heterocycles. The van der Waals surface area contributed by atoms with Gasteiger partial charge in [0.1, 0.15) is 5.82 Å². The molecule has 28 heavy (non-hydrogen) atoms. The fourth-order valence-corrected chi connectivity index (χ4v) is 4.60. The van der Waals surface area contributed by atoms with Gasteiger partial charge < -0.3 is 9.88 Å². The largest absolute Gasteiger partial charge is 0.325 e. The molecule has 1 amide bonds. The van der Waals surface area contributed by atoms with Crippen LogP contribution in [0.1, 0.15) is 54.9 Å². The van der Waals surface area contributed by atoms with Crippen molar-refractivity contribution in [3.63, 3.8) is 0 Å². The SMILES string of the molecule is CC(C)c1ccc(NC(=O)CSc2nnc(Cc3cccs3)n2C2CC2)cc1. The van der Waals surface area contributed by atoms with Gasteiger partial charge in [-0.1, -0.05) is 43.8 Å². The first-order valence-electron chi connectivity index (χ1n) is 9.59. The van der Waals surface area contributed by atoms with E-state index < -0.39 is 0 Å². The number of carbonyl (C=O) groups is 1. The van der Waals surface area contributed by atoms with Gasteiger partial charge in [0.05, 0.1) is 5.75 Å². The van der Waals surface area contributed by atoms with Crippen LogP contribution in [-0.4, -0.2) is 26.4 Å². The fraction of sp³-hybridized carbons (Fsp3) is 0.381. The number of anilines is 1. The van der Waals surface area contributed by atoms with Crippen LogP contribution in [0.15, 0.2) is 46.9 Å². The van der Waals surface area contributed by atoms with Crippen molar-refractivity contribution < 1.29 is 4.79 Å². The molecular weight excluding hydrogens is 388 g/mol. The molecule has 5 nitrogen and oxygen atoms in total. The standard InChI is InChI=1S/C21H24N4OS2/c1-14(2)15-5-7-16(8-6-15)22-20(26)13-28-21-24-23-19(25(21)17-9-10-17)12-18-4-3-11-27-18/h3-8,11,14,17H,9-10,12-13H2,1-2H3,(H,22,26). The minimum Gasteiger partial charge on any atom is -0.325 e. The van der Waals surface area contributed by atoms with Crippen LogP contribution in [0.25, 0.3) is 0 Å². The topological polar surface area (TPSA) is 59.8 Å². The Morgan fingerprint density at radius 3 is 2.68 bits per heavy atom. The molecular formula is C21H24N4OS2. The molecule has 1 fully saturated rings. The maximum absolute atomic E-state index is 12.4. The summed E-state index contributed by atoms with van der Waals surface area (Å²) in [5, 5.41) is 14.7. The van der Waals surface area contributed by atoms with Gasteiger partial charge in [-0.3, -0.25) is 4.79 Å². The third-order valence-corrected chi connectivity index (χ3v) is 6.57. The number of thioether (sulfide) groups is 1. The summed E-state index contributed by atoms with van der Waals surface area (Å²) in [5.41, 5.74) is 2.10. The lowest BCUT2D eigenvalue weighted by Gasteiger charge is -2.09. The maximum Gasteiger partial charge on any atom is 0.234 e. The van der Waals surface area contributed by atoms with Crippen LogP contribution in [-0.2, 0) is 11.2 Å². The van der Waals surface area contributed by atoms with Crippen LogP contribution >= 0.6 is 23.1 Å². The molecule has 1 N–H and O–H groups in total. The van der Waals surface area contributed by atoms with E-state index in [2.05, 4.69) is 63.6 Å². The molecule has 0 saturated heterocycles. The van der Waals surface area contributed by atoms with Crippen LogP contribution in [0.2, 0.25) is 0 Å². The Hall–Kier alpha value is -2.12. The normalized spacial score (nSPS) is 13.8. The van der Waals surface area contributed by atoms with Gasteiger partial charge in [0, 0.05) is 23.0 Å². The lowest BCUT2D eigenvalue weighted by atomic mass is 10.0. The number of amides is 1. The predicted molar refractivity (Wildman–Crippen MR) is 115 cm³/mol. The summed E-state index contributed by atoms with van der Waals surface area (Å²) in [6.07, 6.45) is 3.13. The molecule has 0 unspecified atom stereocenters. The van der Waals surface area contributed by atoms with Gasteiger partial charge in [0.15, 0.2) is 5.16 Å². The molecule has 0 bridgehead atoms. The number of hydrogen-bond donors (Lipinski definition) is 1. The summed E-state index contributed by atoms with van der Waals surface area (Å²) in [4.78, 5) is 13.7. The smallest absolute Gasteiger partial charge is 0.234 e. The first-order valence-corrected chi connectivity index (χ1v) is 11.5. The van der Waals surface area contributed by atoms with E-state index in [4.69, 9.17) is 0 Å². The Morgan fingerprint density at radius 2 is 2.04 bits per heavy atom. The summed E-state index contributed by atoms with van der Waals surface area (Å²) in [7, 11) is 0. The molecule has 4 rings (SSSR count). The molecule has 3 aromatic rings. The molecule has 7 heteroatoms. The van der Waals surface area contributed by atoms with Gasteiger partial charge in [-0.25, -0.2) is 0 Å². The number of hydrogen-bond acceptors (Lipinski definition) is 5. The second-order valence-corrected chi connectivity index (χ2v) is 9.34. The van der Waals surface area contributed by atoms with Crippen molar-refractivity contribution in [3.8, 4) is 0 Å². The number of rotatable bonds is 8. The number of nitrogens with zero attached hydrogens (tertiary/aromatic N) is 3. The Kier molecular flexibility index (Phi) is 5.82. The third-order valence-electron chi connectivity index (χ3n) is 4.75. The van der Waals surface area contributed by atoms with Crippen molar-refractivity contribution in [1.82, 2.24) is 14.8 Å². The summed E-state index contributed by atoms with van der Waals surface area (Å²) >= 11 is 3.20. The zero-order valence-electron chi connectivity index (χ0n) is 16.1. The van der Waals surface area contributed by atoms with Crippen molar-refractivity contribution in [2.45, 2.75) is 50.2 Å². The average Bonchev–Trinajstić information content (AvgIpc) is 3.23. The zero-order chi connectivity index (χ0) is 19.5. The van der Waals surface area contributed by atoms with Crippen LogP contribution in [0.5, 0.6) is 0 Å². The molecule has 1 saturated carbocycles. The Labute approximate surface area is 173 Å². The Bertz CT molecular complexity index is 928. The molecule has 0 radical (unpaired) electrons. The highest BCUT2D eigenvalue weighted by Crippen LogP contribution is 2.39. The molecule has 0 atom stereocenters. The van der Waals surface area contributed by atoms with Gasteiger partial charge in [0.2, 0.25) is 5.91 Å². The molecule has 0 spiro atoms. The van der Waals surface area contributed by atoms with Gasteiger partial charge >= 0.3 is 0 Å². The lowest BCUT2D eigenvalue weighted by molar-refractivity contribution is -0.113. The summed E-state index contributed by atoms with van der Waals surface area (Å²) < 4.78 is 2.23. The number of carbonyl (C=O) groups excluding carboxylic acids is 1. The average molecular weight is 413 g/mol. The molecule has 1 aliphatic rings. The van der Waals surface area contributed by atoms with Gasteiger partial charge in [-0.2, -0.15) is 0 Å². The first-order chi connectivity index (χ1) is 13.6. The van der Waals surface area contributed by atoms with Crippen LogP contribution in [0.4, 0.5) is 5.69 Å². The van der Waals surface area contributed by atoms with Crippen molar-refractivity contribution in [2.75, 3.05) is 11.1 Å². The fourth-order valence-electron chi connectivity index (χ4n) is 3.07. The maximum atomic E-state index is 12.4. The number of nitrogens with one attached hydrogen (secondary N) is 1. The number of thiophene rings is 1. The molecule has 1 aliphatic carbocycles. The summed E-state index contributed by atoms with van der Waals surface area (Å²) in [6.45, 7) is 4.32. The minimum absolute atomic E-state index is 0.0209. The van der Waals surface area contributed by atoms with Crippen LogP contribution in [0.3, 0.4) is 0 Å². The summed E-state index contributed by atoms with van der Waals surface area (Å²) in [5.74, 6) is 1.79. The highest BCUT2D eigenvalue weighted by Gasteiger charge is 2.29. The van der Waals surface area contributed by atoms with E-state index in [1.165, 1.54) is 22.2 Å². The molecule has 146 valence electrons. The van der Waals surface area contributed by atoms with E-state index in [0.717, 1.165) is 35.9 Å². The van der Waals surface area contributed by atoms with Crippen LogP contribution < -0.4 is 5.32 Å². The number of benzene rings is 1. The second-order valence-electron chi connectivity index (χ2n) is 7.37. The van der Waals surface area contributed by atoms with Gasteiger partial charge in [-0.05, 0) is 47.9 Å². The van der Waals surface area contributed by atoms with Crippen molar-refractivity contribution in [2.24, 2.45) is 0 Å². The van der Waals surface area contributed by atoms with E-state index >= 15 is 0 Å². The van der Waals surface area contributed by atoms with Gasteiger partial charge in [0.25, 0.3) is 0 Å². The molecule has 2 heterocycles. The second kappa shape index (κ2) is 8.49. The van der Waals surface area contributed by atoms with Crippen molar-refractivity contribution in [1.29, 1.82) is 0 Å². The molecule has 1 aromatic carbocycles. The first kappa shape index (κ1) is 19.2. The predicted octanol–water partition coefficient (Wildman–Crippen LogP) is 5.12. The lowest BCUT2D eigenvalue weighted by Crippen LogP contribution is -2.14. The highest BCUT2D eigenvalue weighted by molar-refractivity contribution is 7.99. The van der Waals surface area contributed by atoms with Crippen molar-refractivity contribution in [3.05, 3.63) is 58.0 Å². The van der Waals surface area contributed by atoms with E-state index in [-0.39, 0.29) is 5.91 Å². The van der Waals surface area contributed by atoms with Crippen LogP contribution in [0, 0.1) is 0 Å². The molecule has 0 aliphatic heterocycles. The van der Waals surface area contributed by atoms with E-state index in [9.17, 15) is 4.79 Å². The Morgan fingerprint density at radius 1 is 1.25 bits per heavy atom. The third kappa shape index (κ3) is 4.64. The van der Waals surface area contributed by atoms with E-state index in [0.29, 0.717) is 17.7 Å². The highest BCUT2D eigenvalue weighted by atomic mass is 32.2. The van der Waals surface area contributed by atoms with Crippen molar-refractivity contribution >= 4 is 34.7 Å². The zero-order valence-corrected chi connectivity index (χ0v) is 17.7. The Balaban J connectivity index is 1.37. The quantitative estimate of drug-likeness (QED) is 0.522. The number of aromatic nitrogens is 3. The van der Waals surface area contributed by atoms with E-state index in [1.54, 1.807) is 11.3 Å². The van der Waals surface area contributed by atoms with Gasteiger partial charge in [-0.15, -0.1) is 21.5 Å². The monoisotopic (exact) mass is 412 g/mol. The van der Waals surface area contributed by atoms with E-state index in [1.807, 2.05) is 12.1 Å².